The van der Waals surface area contributed by atoms with Gasteiger partial charge in [-0.1, -0.05) is 68.4 Å². The highest BCUT2D eigenvalue weighted by Gasteiger charge is 2.08. The third kappa shape index (κ3) is 5.10. The van der Waals surface area contributed by atoms with Crippen molar-refractivity contribution in [1.82, 2.24) is 5.32 Å². The lowest BCUT2D eigenvalue weighted by molar-refractivity contribution is -0.117. The van der Waals surface area contributed by atoms with Crippen LogP contribution in [0, 0.1) is 11.3 Å². The Bertz CT molecular complexity index is 738. The molecule has 0 saturated carbocycles. The summed E-state index contributed by atoms with van der Waals surface area (Å²) >= 11 is 0. The monoisotopic (exact) mass is 318 g/mol. The number of carbonyl (C=O) groups is 1. The Labute approximate surface area is 143 Å². The largest absolute Gasteiger partial charge is 0.351 e. The average molecular weight is 318 g/mol. The molecule has 24 heavy (non-hydrogen) atoms. The van der Waals surface area contributed by atoms with Crippen molar-refractivity contribution in [2.24, 2.45) is 0 Å². The Morgan fingerprint density at radius 1 is 1.12 bits per heavy atom. The van der Waals surface area contributed by atoms with Crippen molar-refractivity contribution in [3.8, 4) is 6.07 Å². The number of amides is 1. The van der Waals surface area contributed by atoms with E-state index in [1.54, 1.807) is 6.08 Å². The highest BCUT2D eigenvalue weighted by atomic mass is 16.1. The lowest BCUT2D eigenvalue weighted by Gasteiger charge is -2.06. The summed E-state index contributed by atoms with van der Waals surface area (Å²) in [5.74, 6) is 0.126. The van der Waals surface area contributed by atoms with E-state index in [1.807, 2.05) is 60.7 Å². The normalized spacial score (nSPS) is 11.2. The molecule has 3 heteroatoms. The van der Waals surface area contributed by atoms with Crippen LogP contribution in [0.4, 0.5) is 0 Å². The number of hydrogen-bond donors (Lipinski definition) is 1. The summed E-state index contributed by atoms with van der Waals surface area (Å²) in [6.07, 6.45) is 2.37. The van der Waals surface area contributed by atoms with Gasteiger partial charge in [0.1, 0.15) is 11.6 Å². The molecule has 2 aromatic carbocycles. The molecule has 0 unspecified atom stereocenters. The van der Waals surface area contributed by atoms with Crippen molar-refractivity contribution in [3.05, 3.63) is 76.9 Å². The number of hydrogen-bond acceptors (Lipinski definition) is 2. The van der Waals surface area contributed by atoms with Gasteiger partial charge >= 0.3 is 0 Å². The summed E-state index contributed by atoms with van der Waals surface area (Å²) in [4.78, 5) is 12.1. The smallest absolute Gasteiger partial charge is 0.261 e. The van der Waals surface area contributed by atoms with Crippen molar-refractivity contribution >= 4 is 12.0 Å². The molecule has 0 atom stereocenters. The molecule has 0 aliphatic rings. The molecule has 0 aliphatic carbocycles. The minimum absolute atomic E-state index is 0.125. The van der Waals surface area contributed by atoms with Crippen molar-refractivity contribution in [2.45, 2.75) is 26.2 Å². The number of nitrogens with one attached hydrogen (secondary N) is 1. The lowest BCUT2D eigenvalue weighted by Crippen LogP contribution is -2.26. The Kier molecular flexibility index (Phi) is 6.33. The third-order valence-electron chi connectivity index (χ3n) is 3.82. The van der Waals surface area contributed by atoms with E-state index in [2.05, 4.69) is 19.2 Å². The quantitative estimate of drug-likeness (QED) is 0.644. The molecule has 1 N–H and O–H groups in total. The summed E-state index contributed by atoms with van der Waals surface area (Å²) in [5.41, 5.74) is 3.37. The van der Waals surface area contributed by atoms with Crippen LogP contribution in [0.2, 0.25) is 0 Å². The lowest BCUT2D eigenvalue weighted by atomic mass is 10.0. The fourth-order valence-corrected chi connectivity index (χ4v) is 2.35. The zero-order valence-electron chi connectivity index (χ0n) is 14.1. The maximum Gasteiger partial charge on any atom is 0.261 e. The number of nitrogens with zero attached hydrogens (tertiary/aromatic N) is 1. The van der Waals surface area contributed by atoms with Gasteiger partial charge in [-0.15, -0.1) is 0 Å². The Balaban J connectivity index is 1.96. The maximum atomic E-state index is 12.1. The van der Waals surface area contributed by atoms with E-state index in [4.69, 9.17) is 0 Å². The summed E-state index contributed by atoms with van der Waals surface area (Å²) in [6.45, 7) is 4.77. The van der Waals surface area contributed by atoms with E-state index in [-0.39, 0.29) is 11.5 Å². The van der Waals surface area contributed by atoms with E-state index in [9.17, 15) is 10.1 Å². The van der Waals surface area contributed by atoms with Gasteiger partial charge in [-0.3, -0.25) is 4.79 Å². The van der Waals surface area contributed by atoms with E-state index in [0.717, 1.165) is 17.5 Å². The fraction of sp³-hybridized carbons (Fsp3) is 0.238. The van der Waals surface area contributed by atoms with E-state index in [1.165, 1.54) is 5.56 Å². The van der Waals surface area contributed by atoms with Crippen molar-refractivity contribution < 1.29 is 4.79 Å². The molecule has 2 rings (SSSR count). The molecular weight excluding hydrogens is 296 g/mol. The molecule has 1 amide bonds. The SMILES string of the molecule is CC(C)c1ccc(/C=C(/C#N)C(=O)NCCc2ccccc2)cc1. The molecule has 0 aromatic heterocycles. The molecule has 0 saturated heterocycles. The molecule has 3 nitrogen and oxygen atoms in total. The second-order valence-corrected chi connectivity index (χ2v) is 5.98. The zero-order valence-corrected chi connectivity index (χ0v) is 14.1. The number of nitriles is 1. The van der Waals surface area contributed by atoms with Crippen LogP contribution in [0.3, 0.4) is 0 Å². The Morgan fingerprint density at radius 3 is 2.38 bits per heavy atom. The van der Waals surface area contributed by atoms with Crippen LogP contribution < -0.4 is 5.32 Å². The fourth-order valence-electron chi connectivity index (χ4n) is 2.35. The minimum atomic E-state index is -0.332. The Morgan fingerprint density at radius 2 is 1.79 bits per heavy atom. The van der Waals surface area contributed by atoms with Crippen LogP contribution in [0.25, 0.3) is 6.08 Å². The van der Waals surface area contributed by atoms with Gasteiger partial charge in [-0.2, -0.15) is 5.26 Å². The first-order valence-electron chi connectivity index (χ1n) is 8.14. The highest BCUT2D eigenvalue weighted by Crippen LogP contribution is 2.16. The van der Waals surface area contributed by atoms with E-state index in [0.29, 0.717) is 12.5 Å². The number of benzene rings is 2. The van der Waals surface area contributed by atoms with Crippen LogP contribution in [0.1, 0.15) is 36.5 Å². The van der Waals surface area contributed by atoms with Gasteiger partial charge < -0.3 is 5.32 Å². The molecule has 0 bridgehead atoms. The molecule has 0 radical (unpaired) electrons. The van der Waals surface area contributed by atoms with Gasteiger partial charge in [-0.05, 0) is 35.1 Å². The van der Waals surface area contributed by atoms with Gasteiger partial charge in [0.15, 0.2) is 0 Å². The van der Waals surface area contributed by atoms with E-state index >= 15 is 0 Å². The summed E-state index contributed by atoms with van der Waals surface area (Å²) in [7, 11) is 0. The third-order valence-corrected chi connectivity index (χ3v) is 3.82. The highest BCUT2D eigenvalue weighted by molar-refractivity contribution is 6.01. The molecule has 122 valence electrons. The van der Waals surface area contributed by atoms with Crippen molar-refractivity contribution in [3.63, 3.8) is 0 Å². The predicted octanol–water partition coefficient (Wildman–Crippen LogP) is 4.08. The van der Waals surface area contributed by atoms with Crippen LogP contribution >= 0.6 is 0 Å². The van der Waals surface area contributed by atoms with Crippen LogP contribution in [0.15, 0.2) is 60.2 Å². The summed E-state index contributed by atoms with van der Waals surface area (Å²) in [5, 5.41) is 12.0. The number of carbonyl (C=O) groups excluding carboxylic acids is 1. The topological polar surface area (TPSA) is 52.9 Å². The summed E-state index contributed by atoms with van der Waals surface area (Å²) < 4.78 is 0. The average Bonchev–Trinajstić information content (AvgIpc) is 2.60. The van der Waals surface area contributed by atoms with Gasteiger partial charge in [0, 0.05) is 6.54 Å². The van der Waals surface area contributed by atoms with Crippen LogP contribution in [0.5, 0.6) is 0 Å². The standard InChI is InChI=1S/C21H22N2O/c1-16(2)19-10-8-18(9-11-19)14-20(15-22)21(24)23-13-12-17-6-4-3-5-7-17/h3-11,14,16H,12-13H2,1-2H3,(H,23,24)/b20-14-. The first kappa shape index (κ1) is 17.5. The van der Waals surface area contributed by atoms with Crippen LogP contribution in [-0.2, 0) is 11.2 Å². The first-order valence-corrected chi connectivity index (χ1v) is 8.14. The van der Waals surface area contributed by atoms with Gasteiger partial charge in [0.05, 0.1) is 0 Å². The van der Waals surface area contributed by atoms with Gasteiger partial charge in [0.2, 0.25) is 0 Å². The summed E-state index contributed by atoms with van der Waals surface area (Å²) in [6, 6.07) is 19.8. The van der Waals surface area contributed by atoms with Crippen LogP contribution in [-0.4, -0.2) is 12.5 Å². The molecule has 2 aromatic rings. The van der Waals surface area contributed by atoms with Crippen molar-refractivity contribution in [1.29, 1.82) is 5.26 Å². The van der Waals surface area contributed by atoms with Gasteiger partial charge in [0.25, 0.3) is 5.91 Å². The molecule has 0 heterocycles. The van der Waals surface area contributed by atoms with Gasteiger partial charge in [-0.25, -0.2) is 0 Å². The maximum absolute atomic E-state index is 12.1. The molecular formula is C21H22N2O. The molecule has 0 spiro atoms. The molecule has 0 fully saturated rings. The first-order chi connectivity index (χ1) is 11.6. The molecule has 0 aliphatic heterocycles. The van der Waals surface area contributed by atoms with E-state index < -0.39 is 0 Å². The second kappa shape index (κ2) is 8.69. The van der Waals surface area contributed by atoms with Crippen molar-refractivity contribution in [2.75, 3.05) is 6.54 Å². The second-order valence-electron chi connectivity index (χ2n) is 5.98. The number of rotatable bonds is 6. The Hall–Kier alpha value is -2.86. The minimum Gasteiger partial charge on any atom is -0.351 e. The predicted molar refractivity (Wildman–Crippen MR) is 97.3 cm³/mol. The zero-order chi connectivity index (χ0) is 17.4.